The minimum absolute atomic E-state index is 0. The molecule has 94 valence electrons. The fraction of sp³-hybridized carbons (Fsp3) is 0.538. The molecule has 0 spiro atoms. The van der Waals surface area contributed by atoms with E-state index >= 15 is 0 Å². The van der Waals surface area contributed by atoms with Crippen LogP contribution in [0.4, 0.5) is 0 Å². The standard InChI is InChI=1S/C13H18N2S.ClH/c1-8-11-6-4-5-10-7-15(3)14-13(10)12(11)9(2)16-8;/h14H,4-7H2,1-3H3;1H. The van der Waals surface area contributed by atoms with Gasteiger partial charge in [-0.05, 0) is 44.2 Å². The molecule has 2 nitrogen and oxygen atoms in total. The molecule has 1 aliphatic carbocycles. The Hall–Kier alpha value is -0.510. The predicted molar refractivity (Wildman–Crippen MR) is 76.7 cm³/mol. The second-order valence-electron chi connectivity index (χ2n) is 4.87. The van der Waals surface area contributed by atoms with E-state index < -0.39 is 0 Å². The first kappa shape index (κ1) is 12.9. The van der Waals surface area contributed by atoms with Crippen molar-refractivity contribution in [2.24, 2.45) is 0 Å². The van der Waals surface area contributed by atoms with Crippen LogP contribution in [0.25, 0.3) is 5.70 Å². The van der Waals surface area contributed by atoms with Gasteiger partial charge in [0, 0.05) is 28.9 Å². The summed E-state index contributed by atoms with van der Waals surface area (Å²) in [7, 11) is 2.13. The van der Waals surface area contributed by atoms with Gasteiger partial charge in [0.15, 0.2) is 0 Å². The van der Waals surface area contributed by atoms with E-state index in [1.165, 1.54) is 40.3 Å². The fourth-order valence-corrected chi connectivity index (χ4v) is 4.06. The number of hydrogen-bond donors (Lipinski definition) is 1. The van der Waals surface area contributed by atoms with Crippen LogP contribution in [0.3, 0.4) is 0 Å². The first-order valence-electron chi connectivity index (χ1n) is 5.96. The molecule has 1 aromatic rings. The highest BCUT2D eigenvalue weighted by Gasteiger charge is 2.27. The Morgan fingerprint density at radius 2 is 1.94 bits per heavy atom. The molecule has 0 saturated heterocycles. The first-order chi connectivity index (χ1) is 7.66. The number of hydrazine groups is 1. The Morgan fingerprint density at radius 1 is 1.18 bits per heavy atom. The third kappa shape index (κ3) is 2.01. The molecule has 0 amide bonds. The highest BCUT2D eigenvalue weighted by Crippen LogP contribution is 2.39. The summed E-state index contributed by atoms with van der Waals surface area (Å²) in [5.41, 5.74) is 9.64. The second kappa shape index (κ2) is 4.63. The van der Waals surface area contributed by atoms with E-state index in [1.54, 1.807) is 11.1 Å². The smallest absolute Gasteiger partial charge is 0.0582 e. The predicted octanol–water partition coefficient (Wildman–Crippen LogP) is 3.28. The average Bonchev–Trinajstić information content (AvgIpc) is 2.63. The quantitative estimate of drug-likeness (QED) is 0.778. The van der Waals surface area contributed by atoms with Crippen LogP contribution in [0.5, 0.6) is 0 Å². The maximum Gasteiger partial charge on any atom is 0.0582 e. The van der Waals surface area contributed by atoms with Crippen LogP contribution in [-0.2, 0) is 6.42 Å². The van der Waals surface area contributed by atoms with Gasteiger partial charge < -0.3 is 5.43 Å². The molecule has 1 aliphatic heterocycles. The first-order valence-corrected chi connectivity index (χ1v) is 6.77. The lowest BCUT2D eigenvalue weighted by molar-refractivity contribution is 0.332. The van der Waals surface area contributed by atoms with Crippen molar-refractivity contribution in [1.82, 2.24) is 10.4 Å². The molecule has 0 atom stereocenters. The molecular weight excluding hydrogens is 252 g/mol. The van der Waals surface area contributed by atoms with Gasteiger partial charge in [0.1, 0.15) is 0 Å². The number of nitrogens with zero attached hydrogens (tertiary/aromatic N) is 1. The van der Waals surface area contributed by atoms with Gasteiger partial charge in [-0.2, -0.15) is 0 Å². The Balaban J connectivity index is 0.00000108. The molecule has 0 unspecified atom stereocenters. The van der Waals surface area contributed by atoms with Crippen LogP contribution in [-0.4, -0.2) is 18.6 Å². The van der Waals surface area contributed by atoms with E-state index in [1.807, 2.05) is 11.3 Å². The topological polar surface area (TPSA) is 15.3 Å². The van der Waals surface area contributed by atoms with Crippen LogP contribution < -0.4 is 5.43 Å². The van der Waals surface area contributed by atoms with Gasteiger partial charge in [0.2, 0.25) is 0 Å². The summed E-state index contributed by atoms with van der Waals surface area (Å²) in [5.74, 6) is 0. The van der Waals surface area contributed by atoms with Gasteiger partial charge >= 0.3 is 0 Å². The number of halogens is 1. The third-order valence-electron chi connectivity index (χ3n) is 3.62. The lowest BCUT2D eigenvalue weighted by Crippen LogP contribution is -2.27. The number of aryl methyl sites for hydroxylation is 2. The summed E-state index contributed by atoms with van der Waals surface area (Å²) in [6.45, 7) is 5.61. The number of likely N-dealkylation sites (N-methyl/N-ethyl adjacent to an activating group) is 1. The van der Waals surface area contributed by atoms with E-state index in [9.17, 15) is 0 Å². The van der Waals surface area contributed by atoms with Crippen molar-refractivity contribution < 1.29 is 0 Å². The second-order valence-corrected chi connectivity index (χ2v) is 6.30. The zero-order chi connectivity index (χ0) is 11.3. The number of nitrogens with one attached hydrogen (secondary N) is 1. The van der Waals surface area contributed by atoms with Gasteiger partial charge in [-0.3, -0.25) is 0 Å². The van der Waals surface area contributed by atoms with Crippen molar-refractivity contribution in [1.29, 1.82) is 0 Å². The number of fused-ring (bicyclic) bond motifs is 2. The highest BCUT2D eigenvalue weighted by molar-refractivity contribution is 7.12. The van der Waals surface area contributed by atoms with E-state index in [2.05, 4.69) is 31.3 Å². The molecule has 0 bridgehead atoms. The van der Waals surface area contributed by atoms with Gasteiger partial charge in [-0.25, -0.2) is 5.01 Å². The molecule has 3 rings (SSSR count). The number of rotatable bonds is 0. The third-order valence-corrected chi connectivity index (χ3v) is 4.69. The Bertz CT molecular complexity index is 476. The fourth-order valence-electron chi connectivity index (χ4n) is 2.95. The van der Waals surface area contributed by atoms with Crippen LogP contribution >= 0.6 is 23.7 Å². The lowest BCUT2D eigenvalue weighted by atomic mass is 10.0. The Kier molecular flexibility index (Phi) is 3.53. The molecule has 2 aliphatic rings. The minimum Gasteiger partial charge on any atom is -0.318 e. The number of thiophene rings is 1. The molecule has 2 heterocycles. The summed E-state index contributed by atoms with van der Waals surface area (Å²) >= 11 is 1.95. The van der Waals surface area contributed by atoms with Gasteiger partial charge in [-0.15, -0.1) is 23.7 Å². The van der Waals surface area contributed by atoms with Gasteiger partial charge in [0.05, 0.1) is 5.70 Å². The Morgan fingerprint density at radius 3 is 2.71 bits per heavy atom. The number of hydrogen-bond acceptors (Lipinski definition) is 3. The summed E-state index contributed by atoms with van der Waals surface area (Å²) in [6, 6.07) is 0. The maximum absolute atomic E-state index is 3.53. The van der Waals surface area contributed by atoms with Crippen molar-refractivity contribution in [3.05, 3.63) is 26.5 Å². The summed E-state index contributed by atoms with van der Waals surface area (Å²) < 4.78 is 0. The van der Waals surface area contributed by atoms with Crippen LogP contribution in [0.15, 0.2) is 5.57 Å². The maximum atomic E-state index is 3.53. The van der Waals surface area contributed by atoms with Crippen molar-refractivity contribution in [3.63, 3.8) is 0 Å². The monoisotopic (exact) mass is 270 g/mol. The summed E-state index contributed by atoms with van der Waals surface area (Å²) in [6.07, 6.45) is 3.81. The van der Waals surface area contributed by atoms with Gasteiger partial charge in [-0.1, -0.05) is 0 Å². The van der Waals surface area contributed by atoms with Crippen molar-refractivity contribution >= 4 is 29.4 Å². The lowest BCUT2D eigenvalue weighted by Gasteiger charge is -2.13. The molecule has 1 aromatic heterocycles. The van der Waals surface area contributed by atoms with E-state index in [0.717, 1.165) is 6.54 Å². The summed E-state index contributed by atoms with van der Waals surface area (Å²) in [4.78, 5) is 2.99. The van der Waals surface area contributed by atoms with Crippen LogP contribution in [0.1, 0.15) is 33.7 Å². The Labute approximate surface area is 113 Å². The molecule has 17 heavy (non-hydrogen) atoms. The van der Waals surface area contributed by atoms with Gasteiger partial charge in [0.25, 0.3) is 0 Å². The van der Waals surface area contributed by atoms with Crippen LogP contribution in [0, 0.1) is 13.8 Å². The SMILES string of the molecule is Cc1sc(C)c2c1CCCC1=C2NN(C)C1.Cl. The van der Waals surface area contributed by atoms with Crippen molar-refractivity contribution in [3.8, 4) is 0 Å². The van der Waals surface area contributed by atoms with E-state index in [-0.39, 0.29) is 12.4 Å². The van der Waals surface area contributed by atoms with E-state index in [0.29, 0.717) is 0 Å². The van der Waals surface area contributed by atoms with E-state index in [4.69, 9.17) is 0 Å². The largest absolute Gasteiger partial charge is 0.318 e. The zero-order valence-electron chi connectivity index (χ0n) is 10.6. The van der Waals surface area contributed by atoms with Crippen molar-refractivity contribution in [2.45, 2.75) is 33.1 Å². The minimum atomic E-state index is 0. The zero-order valence-corrected chi connectivity index (χ0v) is 12.2. The molecule has 1 N–H and O–H groups in total. The molecule has 0 saturated carbocycles. The summed E-state index contributed by atoms with van der Waals surface area (Å²) in [5, 5.41) is 2.20. The highest BCUT2D eigenvalue weighted by atomic mass is 35.5. The van der Waals surface area contributed by atoms with Crippen molar-refractivity contribution in [2.75, 3.05) is 13.6 Å². The average molecular weight is 271 g/mol. The molecule has 0 fully saturated rings. The molecular formula is C13H19ClN2S. The molecule has 0 aromatic carbocycles. The molecule has 4 heteroatoms. The normalized spacial score (nSPS) is 19.2. The molecule has 0 radical (unpaired) electrons. The van der Waals surface area contributed by atoms with Crippen LogP contribution in [0.2, 0.25) is 0 Å².